The first-order chi connectivity index (χ1) is 8.84. The van der Waals surface area contributed by atoms with Gasteiger partial charge in [-0.1, -0.05) is 18.9 Å². The van der Waals surface area contributed by atoms with Crippen molar-refractivity contribution in [3.8, 4) is 0 Å². The lowest BCUT2D eigenvalue weighted by Gasteiger charge is -2.11. The molecule has 1 fully saturated rings. The third kappa shape index (κ3) is 4.78. The van der Waals surface area contributed by atoms with E-state index in [-0.39, 0.29) is 5.91 Å². The summed E-state index contributed by atoms with van der Waals surface area (Å²) in [6.07, 6.45) is 6.93. The normalized spacial score (nSPS) is 16.0. The number of amides is 1. The number of hydrogen-bond donors (Lipinski definition) is 1. The molecule has 0 saturated heterocycles. The molecule has 1 aromatic heterocycles. The number of thiophene rings is 1. The molecular formula is C14H21NO2S. The van der Waals surface area contributed by atoms with E-state index in [1.165, 1.54) is 25.7 Å². The largest absolute Gasteiger partial charge is 0.378 e. The van der Waals surface area contributed by atoms with Gasteiger partial charge in [0.15, 0.2) is 0 Å². The Balaban J connectivity index is 1.48. The molecule has 1 aromatic rings. The van der Waals surface area contributed by atoms with Crippen LogP contribution in [0.2, 0.25) is 0 Å². The molecule has 0 spiro atoms. The zero-order valence-corrected chi connectivity index (χ0v) is 11.5. The van der Waals surface area contributed by atoms with Gasteiger partial charge in [0.2, 0.25) is 5.91 Å². The van der Waals surface area contributed by atoms with Gasteiger partial charge in [-0.05, 0) is 30.7 Å². The quantitative estimate of drug-likeness (QED) is 0.771. The molecule has 1 aliphatic rings. The molecule has 0 radical (unpaired) electrons. The Morgan fingerprint density at radius 2 is 2.28 bits per heavy atom. The second-order valence-corrected chi connectivity index (χ2v) is 5.77. The highest BCUT2D eigenvalue weighted by Gasteiger charge is 2.14. The van der Waals surface area contributed by atoms with E-state index in [0.29, 0.717) is 12.5 Å². The monoisotopic (exact) mass is 267 g/mol. The molecule has 1 saturated carbocycles. The first kappa shape index (κ1) is 13.6. The van der Waals surface area contributed by atoms with Crippen molar-refractivity contribution < 1.29 is 9.53 Å². The molecule has 0 unspecified atom stereocenters. The summed E-state index contributed by atoms with van der Waals surface area (Å²) >= 11 is 1.63. The van der Waals surface area contributed by atoms with Gasteiger partial charge in [0.05, 0.1) is 12.5 Å². The Labute approximate surface area is 113 Å². The minimum Gasteiger partial charge on any atom is -0.378 e. The van der Waals surface area contributed by atoms with Gasteiger partial charge in [0.25, 0.3) is 0 Å². The summed E-state index contributed by atoms with van der Waals surface area (Å²) < 4.78 is 5.74. The molecule has 18 heavy (non-hydrogen) atoms. The van der Waals surface area contributed by atoms with Gasteiger partial charge in [-0.2, -0.15) is 0 Å². The van der Waals surface area contributed by atoms with E-state index in [1.807, 2.05) is 17.5 Å². The van der Waals surface area contributed by atoms with Crippen LogP contribution in [-0.2, 0) is 16.0 Å². The van der Waals surface area contributed by atoms with Crippen LogP contribution in [0.3, 0.4) is 0 Å². The van der Waals surface area contributed by atoms with Crippen molar-refractivity contribution in [1.82, 2.24) is 5.32 Å². The third-order valence-corrected chi connectivity index (χ3v) is 4.09. The van der Waals surface area contributed by atoms with E-state index in [1.54, 1.807) is 11.3 Å². The van der Waals surface area contributed by atoms with E-state index in [2.05, 4.69) is 5.32 Å². The number of carbonyl (C=O) groups is 1. The Hall–Kier alpha value is -0.870. The van der Waals surface area contributed by atoms with Crippen molar-refractivity contribution >= 4 is 17.2 Å². The van der Waals surface area contributed by atoms with Crippen molar-refractivity contribution in [2.24, 2.45) is 0 Å². The van der Waals surface area contributed by atoms with Crippen LogP contribution in [0.15, 0.2) is 17.5 Å². The molecule has 4 heteroatoms. The van der Waals surface area contributed by atoms with Crippen LogP contribution in [0.1, 0.15) is 37.0 Å². The zero-order valence-electron chi connectivity index (χ0n) is 10.7. The second-order valence-electron chi connectivity index (χ2n) is 4.74. The summed E-state index contributed by atoms with van der Waals surface area (Å²) in [5.41, 5.74) is 0. The number of ether oxygens (including phenoxy) is 1. The minimum absolute atomic E-state index is 0.110. The number of nitrogens with one attached hydrogen (secondary N) is 1. The molecule has 0 atom stereocenters. The van der Waals surface area contributed by atoms with Crippen LogP contribution in [-0.4, -0.2) is 25.2 Å². The highest BCUT2D eigenvalue weighted by Crippen LogP contribution is 2.20. The number of rotatable bonds is 7. The maximum absolute atomic E-state index is 11.6. The average Bonchev–Trinajstić information content (AvgIpc) is 3.01. The topological polar surface area (TPSA) is 38.3 Å². The average molecular weight is 267 g/mol. The van der Waals surface area contributed by atoms with E-state index < -0.39 is 0 Å². The zero-order chi connectivity index (χ0) is 12.6. The van der Waals surface area contributed by atoms with Gasteiger partial charge in [-0.3, -0.25) is 4.79 Å². The molecule has 1 amide bonds. The molecule has 3 nitrogen and oxygen atoms in total. The molecule has 0 aromatic carbocycles. The maximum Gasteiger partial charge on any atom is 0.225 e. The Morgan fingerprint density at radius 1 is 1.44 bits per heavy atom. The minimum atomic E-state index is 0.110. The van der Waals surface area contributed by atoms with Crippen LogP contribution < -0.4 is 5.32 Å². The summed E-state index contributed by atoms with van der Waals surface area (Å²) in [6, 6.07) is 3.97. The summed E-state index contributed by atoms with van der Waals surface area (Å²) in [4.78, 5) is 12.7. The van der Waals surface area contributed by atoms with Crippen molar-refractivity contribution in [2.75, 3.05) is 13.2 Å². The van der Waals surface area contributed by atoms with Crippen LogP contribution in [0.5, 0.6) is 0 Å². The van der Waals surface area contributed by atoms with E-state index in [4.69, 9.17) is 4.74 Å². The van der Waals surface area contributed by atoms with Gasteiger partial charge in [-0.15, -0.1) is 11.3 Å². The van der Waals surface area contributed by atoms with Crippen LogP contribution in [0.4, 0.5) is 0 Å². The van der Waals surface area contributed by atoms with Gasteiger partial charge in [0, 0.05) is 18.0 Å². The van der Waals surface area contributed by atoms with E-state index in [0.717, 1.165) is 24.4 Å². The molecule has 2 rings (SSSR count). The highest BCUT2D eigenvalue weighted by molar-refractivity contribution is 7.10. The van der Waals surface area contributed by atoms with Crippen LogP contribution in [0, 0.1) is 0 Å². The van der Waals surface area contributed by atoms with Gasteiger partial charge in [-0.25, -0.2) is 0 Å². The second kappa shape index (κ2) is 7.54. The van der Waals surface area contributed by atoms with Crippen molar-refractivity contribution in [3.05, 3.63) is 22.4 Å². The predicted octanol–water partition coefficient (Wildman–Crippen LogP) is 2.76. The highest BCUT2D eigenvalue weighted by atomic mass is 32.1. The fourth-order valence-corrected chi connectivity index (χ4v) is 2.94. The predicted molar refractivity (Wildman–Crippen MR) is 73.9 cm³/mol. The van der Waals surface area contributed by atoms with Crippen molar-refractivity contribution in [3.63, 3.8) is 0 Å². The lowest BCUT2D eigenvalue weighted by Crippen LogP contribution is -2.26. The lowest BCUT2D eigenvalue weighted by molar-refractivity contribution is -0.120. The van der Waals surface area contributed by atoms with Crippen LogP contribution in [0.25, 0.3) is 0 Å². The molecule has 100 valence electrons. The molecule has 1 heterocycles. The smallest absolute Gasteiger partial charge is 0.225 e. The molecule has 1 N–H and O–H groups in total. The third-order valence-electron chi connectivity index (χ3n) is 3.21. The van der Waals surface area contributed by atoms with Crippen LogP contribution >= 0.6 is 11.3 Å². The standard InChI is InChI=1S/C14H21NO2S/c16-14(11-13-7-3-10-18-13)15-8-4-9-17-12-5-1-2-6-12/h3,7,10,12H,1-2,4-6,8-9,11H2,(H,15,16). The van der Waals surface area contributed by atoms with Crippen molar-refractivity contribution in [1.29, 1.82) is 0 Å². The van der Waals surface area contributed by atoms with Gasteiger partial charge in [0.1, 0.15) is 0 Å². The Bertz CT molecular complexity index is 345. The number of hydrogen-bond acceptors (Lipinski definition) is 3. The van der Waals surface area contributed by atoms with E-state index >= 15 is 0 Å². The Kier molecular flexibility index (Phi) is 5.68. The molecule has 1 aliphatic carbocycles. The summed E-state index contributed by atoms with van der Waals surface area (Å²) in [5.74, 6) is 0.110. The Morgan fingerprint density at radius 3 is 3.00 bits per heavy atom. The molecule has 0 bridgehead atoms. The fourth-order valence-electron chi connectivity index (χ4n) is 2.24. The SMILES string of the molecule is O=C(Cc1cccs1)NCCCOC1CCCC1. The molecule has 0 aliphatic heterocycles. The summed E-state index contributed by atoms with van der Waals surface area (Å²) in [7, 11) is 0. The van der Waals surface area contributed by atoms with Gasteiger partial charge < -0.3 is 10.1 Å². The molecular weight excluding hydrogens is 246 g/mol. The number of carbonyl (C=O) groups excluding carboxylic acids is 1. The lowest BCUT2D eigenvalue weighted by atomic mass is 10.3. The fraction of sp³-hybridized carbons (Fsp3) is 0.643. The summed E-state index contributed by atoms with van der Waals surface area (Å²) in [6.45, 7) is 1.49. The maximum atomic E-state index is 11.6. The summed E-state index contributed by atoms with van der Waals surface area (Å²) in [5, 5.41) is 4.93. The van der Waals surface area contributed by atoms with E-state index in [9.17, 15) is 4.79 Å². The first-order valence-electron chi connectivity index (χ1n) is 6.75. The van der Waals surface area contributed by atoms with Gasteiger partial charge >= 0.3 is 0 Å². The first-order valence-corrected chi connectivity index (χ1v) is 7.63. The van der Waals surface area contributed by atoms with Crippen molar-refractivity contribution in [2.45, 2.75) is 44.6 Å².